The molecule has 0 aliphatic heterocycles. The Kier molecular flexibility index (Phi) is 1.19. The summed E-state index contributed by atoms with van der Waals surface area (Å²) in [7, 11) is 1.22. The van der Waals surface area contributed by atoms with Gasteiger partial charge in [-0.05, 0) is 7.05 Å². The molecule has 0 fully saturated rings. The highest BCUT2D eigenvalue weighted by molar-refractivity contribution is 4.22. The van der Waals surface area contributed by atoms with Gasteiger partial charge in [-0.2, -0.15) is 0 Å². The van der Waals surface area contributed by atoms with Gasteiger partial charge in [-0.1, -0.05) is 0 Å². The molecular formula is CH5N2O-. The molecule has 0 saturated heterocycles. The smallest absolute Gasteiger partial charge is 0.0123 e. The summed E-state index contributed by atoms with van der Waals surface area (Å²) in [6, 6.07) is 0. The van der Waals surface area contributed by atoms with Crippen molar-refractivity contribution < 1.29 is 0 Å². The highest BCUT2D eigenvalue weighted by atomic mass is 16.5. The van der Waals surface area contributed by atoms with E-state index in [1.807, 2.05) is 0 Å². The van der Waals surface area contributed by atoms with Crippen LogP contribution in [0.3, 0.4) is 0 Å². The van der Waals surface area contributed by atoms with Crippen molar-refractivity contribution in [3.05, 3.63) is 5.21 Å². The van der Waals surface area contributed by atoms with E-state index in [0.717, 1.165) is 0 Å². The van der Waals surface area contributed by atoms with Gasteiger partial charge in [-0.25, -0.2) is 0 Å². The molecule has 0 aliphatic carbocycles. The summed E-state index contributed by atoms with van der Waals surface area (Å²) < 4.78 is 0. The first-order valence-corrected chi connectivity index (χ1v) is 0.888. The maximum Gasteiger partial charge on any atom is -0.0123 e. The average Bonchev–Trinajstić information content (AvgIpc) is 0.811. The summed E-state index contributed by atoms with van der Waals surface area (Å²) in [4.78, 5) is 0. The zero-order valence-corrected chi connectivity index (χ0v) is 2.43. The van der Waals surface area contributed by atoms with Crippen molar-refractivity contribution in [2.45, 2.75) is 0 Å². The molecule has 0 aromatic carbocycles. The molecule has 0 aromatic heterocycles. The van der Waals surface area contributed by atoms with Crippen molar-refractivity contribution in [1.29, 1.82) is 0 Å². The molecule has 26 valence electrons. The zero-order valence-electron chi connectivity index (χ0n) is 2.43. The summed E-state index contributed by atoms with van der Waals surface area (Å²) in [5.41, 5.74) is 0. The highest BCUT2D eigenvalue weighted by Crippen LogP contribution is 1.43. The van der Waals surface area contributed by atoms with Crippen LogP contribution < -0.4 is 5.84 Å². The van der Waals surface area contributed by atoms with Crippen LogP contribution >= 0.6 is 0 Å². The standard InChI is InChI=1S/CH5N2O/c1-3(2)4/h2H2,1H3/q-1. The van der Waals surface area contributed by atoms with Crippen molar-refractivity contribution in [2.75, 3.05) is 7.05 Å². The molecule has 3 nitrogen and oxygen atoms in total. The van der Waals surface area contributed by atoms with Crippen molar-refractivity contribution in [2.24, 2.45) is 5.84 Å². The number of hydrogen-bond acceptors (Lipinski definition) is 3. The summed E-state index contributed by atoms with van der Waals surface area (Å²) in [5.74, 6) is 4.39. The number of nitrogens with zero attached hydrogens (tertiary/aromatic N) is 1. The highest BCUT2D eigenvalue weighted by Gasteiger charge is 1.42. The fourth-order valence-corrected chi connectivity index (χ4v) is 0. The lowest BCUT2D eigenvalue weighted by molar-refractivity contribution is 0.488. The Hall–Kier alpha value is -0.120. The number of rotatable bonds is 0. The monoisotopic (exact) mass is 61.0 g/mol. The second-order valence-corrected chi connectivity index (χ2v) is 0.546. The maximum absolute atomic E-state index is 9.14. The zero-order chi connectivity index (χ0) is 3.58. The van der Waals surface area contributed by atoms with Gasteiger partial charge in [-0.15, -0.1) is 0 Å². The van der Waals surface area contributed by atoms with Crippen LogP contribution in [0.25, 0.3) is 0 Å². The Morgan fingerprint density at radius 2 is 2.00 bits per heavy atom. The van der Waals surface area contributed by atoms with E-state index in [1.165, 1.54) is 7.05 Å². The van der Waals surface area contributed by atoms with E-state index in [-0.39, 0.29) is 5.17 Å². The Morgan fingerprint density at radius 1 is 2.00 bits per heavy atom. The van der Waals surface area contributed by atoms with Gasteiger partial charge in [0.15, 0.2) is 0 Å². The minimum Gasteiger partial charge on any atom is -0.772 e. The van der Waals surface area contributed by atoms with Crippen molar-refractivity contribution in [3.8, 4) is 0 Å². The predicted molar refractivity (Wildman–Crippen MR) is 15.3 cm³/mol. The molecule has 0 radical (unpaired) electrons. The molecule has 4 heavy (non-hydrogen) atoms. The predicted octanol–water partition coefficient (Wildman–Crippen LogP) is -0.710. The second-order valence-electron chi connectivity index (χ2n) is 0.546. The van der Waals surface area contributed by atoms with Gasteiger partial charge in [0.2, 0.25) is 0 Å². The minimum absolute atomic E-state index is 0.250. The Morgan fingerprint density at radius 3 is 2.00 bits per heavy atom. The third kappa shape index (κ3) is 101. The van der Waals surface area contributed by atoms with Crippen LogP contribution in [0.5, 0.6) is 0 Å². The third-order valence-corrected chi connectivity index (χ3v) is 0. The number of hydroxylamine groups is 1. The second kappa shape index (κ2) is 1.23. The van der Waals surface area contributed by atoms with Crippen molar-refractivity contribution in [1.82, 2.24) is 5.17 Å². The molecule has 0 amide bonds. The molecule has 0 rings (SSSR count). The number of nitrogens with two attached hydrogens (primary N) is 1. The van der Waals surface area contributed by atoms with Gasteiger partial charge in [0.1, 0.15) is 0 Å². The first kappa shape index (κ1) is 3.88. The van der Waals surface area contributed by atoms with Gasteiger partial charge < -0.3 is 10.4 Å². The normalized spacial score (nSPS) is 9.00. The van der Waals surface area contributed by atoms with Gasteiger partial charge in [0.25, 0.3) is 0 Å². The van der Waals surface area contributed by atoms with Crippen molar-refractivity contribution >= 4 is 0 Å². The Labute approximate surface area is 24.6 Å². The first-order valence-electron chi connectivity index (χ1n) is 0.888. The van der Waals surface area contributed by atoms with E-state index in [0.29, 0.717) is 0 Å². The van der Waals surface area contributed by atoms with Gasteiger partial charge in [0, 0.05) is 0 Å². The van der Waals surface area contributed by atoms with E-state index < -0.39 is 0 Å². The van der Waals surface area contributed by atoms with Crippen LogP contribution in [0.4, 0.5) is 0 Å². The molecule has 0 heterocycles. The molecule has 3 heteroatoms. The summed E-state index contributed by atoms with van der Waals surface area (Å²) in [6.07, 6.45) is 0. The van der Waals surface area contributed by atoms with Crippen LogP contribution in [0.15, 0.2) is 0 Å². The average molecular weight is 61.1 g/mol. The fraction of sp³-hybridized carbons (Fsp3) is 1.00. The van der Waals surface area contributed by atoms with Gasteiger partial charge in [-0.3, -0.25) is 5.84 Å². The van der Waals surface area contributed by atoms with E-state index in [2.05, 4.69) is 5.84 Å². The van der Waals surface area contributed by atoms with Crippen LogP contribution in [-0.4, -0.2) is 12.2 Å². The van der Waals surface area contributed by atoms with E-state index >= 15 is 0 Å². The van der Waals surface area contributed by atoms with E-state index in [1.54, 1.807) is 0 Å². The molecule has 0 aliphatic rings. The van der Waals surface area contributed by atoms with Crippen LogP contribution in [0.2, 0.25) is 0 Å². The summed E-state index contributed by atoms with van der Waals surface area (Å²) in [5, 5.41) is 9.39. The Balaban J connectivity index is 2.32. The fourth-order valence-electron chi connectivity index (χ4n) is 0. The third-order valence-electron chi connectivity index (χ3n) is 0. The molecule has 0 bridgehead atoms. The lowest BCUT2D eigenvalue weighted by Crippen LogP contribution is -2.16. The van der Waals surface area contributed by atoms with Crippen LogP contribution in [0, 0.1) is 5.21 Å². The SMILES string of the molecule is CN(N)[O-]. The van der Waals surface area contributed by atoms with Crippen LogP contribution in [0.1, 0.15) is 0 Å². The van der Waals surface area contributed by atoms with E-state index in [4.69, 9.17) is 5.21 Å². The number of hydrazine groups is 1. The molecule has 0 unspecified atom stereocenters. The lowest BCUT2D eigenvalue weighted by Gasteiger charge is -2.10. The molecule has 2 N–H and O–H groups in total. The molecule has 0 spiro atoms. The minimum atomic E-state index is 0.250. The van der Waals surface area contributed by atoms with Gasteiger partial charge >= 0.3 is 0 Å². The molecule has 0 atom stereocenters. The largest absolute Gasteiger partial charge is 0.772 e. The van der Waals surface area contributed by atoms with Crippen molar-refractivity contribution in [3.63, 3.8) is 0 Å². The first-order chi connectivity index (χ1) is 1.73. The molecule has 0 saturated carbocycles. The van der Waals surface area contributed by atoms with Gasteiger partial charge in [0.05, 0.1) is 0 Å². The topological polar surface area (TPSA) is 52.3 Å². The molecular weight excluding hydrogens is 56.0 g/mol. The Bertz CT molecular complexity index is 10.8. The van der Waals surface area contributed by atoms with E-state index in [9.17, 15) is 0 Å². The summed E-state index contributed by atoms with van der Waals surface area (Å²) in [6.45, 7) is 0. The quantitative estimate of drug-likeness (QED) is 0.297. The summed E-state index contributed by atoms with van der Waals surface area (Å²) >= 11 is 0. The molecule has 0 aromatic rings. The lowest BCUT2D eigenvalue weighted by atomic mass is 11.5. The van der Waals surface area contributed by atoms with Crippen LogP contribution in [-0.2, 0) is 0 Å². The maximum atomic E-state index is 9.14. The number of hydrogen-bond donors (Lipinski definition) is 1.